The maximum Gasteiger partial charge on any atom is 0.407 e. The smallest absolute Gasteiger partial charge is 0.407 e. The Morgan fingerprint density at radius 3 is 2.18 bits per heavy atom. The standard InChI is InChI=1S/C27H32N2O5/c1-2-8-24(26(31)32)29-25(30)22(17-9-7-10-17)15-28-27(33)34-16-23-20-13-5-3-11-18(20)19-12-4-6-14-21(19)23/h3-6,11-14,17,22-24H,2,7-10,15-16H2,1H3,(H,28,33)(H,29,30)(H,31,32)/t22?,24-/m1/s1. The molecule has 34 heavy (non-hydrogen) atoms. The molecule has 2 aromatic rings. The van der Waals surface area contributed by atoms with Gasteiger partial charge in [0.1, 0.15) is 12.6 Å². The van der Waals surface area contributed by atoms with Crippen LogP contribution in [0.3, 0.4) is 0 Å². The first-order valence-corrected chi connectivity index (χ1v) is 12.1. The molecule has 0 heterocycles. The van der Waals surface area contributed by atoms with Crippen molar-refractivity contribution in [3.05, 3.63) is 59.7 Å². The molecule has 3 N–H and O–H groups in total. The molecule has 0 aromatic heterocycles. The molecule has 1 fully saturated rings. The van der Waals surface area contributed by atoms with Crippen molar-refractivity contribution in [2.24, 2.45) is 11.8 Å². The SMILES string of the molecule is CCC[C@@H](NC(=O)C(CNC(=O)OCC1c2ccccc2-c2ccccc21)C1CCC1)C(=O)O. The summed E-state index contributed by atoms with van der Waals surface area (Å²) in [5.74, 6) is -1.70. The zero-order valence-electron chi connectivity index (χ0n) is 19.5. The lowest BCUT2D eigenvalue weighted by Crippen LogP contribution is -2.49. The fraction of sp³-hybridized carbons (Fsp3) is 0.444. The molecule has 1 saturated carbocycles. The molecule has 2 aromatic carbocycles. The first-order chi connectivity index (χ1) is 16.5. The minimum absolute atomic E-state index is 0.0331. The summed E-state index contributed by atoms with van der Waals surface area (Å²) < 4.78 is 5.58. The molecular weight excluding hydrogens is 432 g/mol. The molecule has 2 amide bonds. The molecule has 4 rings (SSSR count). The van der Waals surface area contributed by atoms with Crippen LogP contribution in [0.1, 0.15) is 56.1 Å². The molecule has 0 aliphatic heterocycles. The van der Waals surface area contributed by atoms with Crippen LogP contribution >= 0.6 is 0 Å². The van der Waals surface area contributed by atoms with Crippen LogP contribution in [0.4, 0.5) is 4.79 Å². The number of fused-ring (bicyclic) bond motifs is 3. The molecule has 0 spiro atoms. The van der Waals surface area contributed by atoms with Crippen molar-refractivity contribution in [3.8, 4) is 11.1 Å². The Labute approximate surface area is 199 Å². The van der Waals surface area contributed by atoms with Crippen LogP contribution in [-0.2, 0) is 14.3 Å². The first kappa shape index (κ1) is 23.8. The molecule has 2 atom stereocenters. The third-order valence-electron chi connectivity index (χ3n) is 7.06. The number of ether oxygens (including phenoxy) is 1. The van der Waals surface area contributed by atoms with Gasteiger partial charge in [-0.1, -0.05) is 68.3 Å². The monoisotopic (exact) mass is 464 g/mol. The van der Waals surface area contributed by atoms with Crippen molar-refractivity contribution in [1.82, 2.24) is 10.6 Å². The van der Waals surface area contributed by atoms with Crippen LogP contribution < -0.4 is 10.6 Å². The van der Waals surface area contributed by atoms with Gasteiger partial charge in [0, 0.05) is 12.5 Å². The fourth-order valence-corrected chi connectivity index (χ4v) is 4.98. The summed E-state index contributed by atoms with van der Waals surface area (Å²) in [6, 6.07) is 15.4. The third kappa shape index (κ3) is 5.08. The van der Waals surface area contributed by atoms with E-state index in [-0.39, 0.29) is 30.9 Å². The second kappa shape index (κ2) is 10.7. The molecule has 2 aliphatic rings. The summed E-state index contributed by atoms with van der Waals surface area (Å²) in [5.41, 5.74) is 4.60. The van der Waals surface area contributed by atoms with Gasteiger partial charge in [0.2, 0.25) is 5.91 Å². The van der Waals surface area contributed by atoms with Crippen molar-refractivity contribution in [2.75, 3.05) is 13.2 Å². The van der Waals surface area contributed by atoms with Crippen LogP contribution in [0.15, 0.2) is 48.5 Å². The highest BCUT2D eigenvalue weighted by atomic mass is 16.5. The number of hydrogen-bond acceptors (Lipinski definition) is 4. The molecule has 0 saturated heterocycles. The fourth-order valence-electron chi connectivity index (χ4n) is 4.98. The summed E-state index contributed by atoms with van der Waals surface area (Å²) in [4.78, 5) is 36.9. The number of amides is 2. The molecule has 2 aliphatic carbocycles. The van der Waals surface area contributed by atoms with Gasteiger partial charge in [0.05, 0.1) is 5.92 Å². The number of benzene rings is 2. The Morgan fingerprint density at radius 1 is 1.03 bits per heavy atom. The van der Waals surface area contributed by atoms with Crippen molar-refractivity contribution >= 4 is 18.0 Å². The Balaban J connectivity index is 1.35. The van der Waals surface area contributed by atoms with Gasteiger partial charge in [-0.05, 0) is 47.4 Å². The van der Waals surface area contributed by atoms with E-state index < -0.39 is 24.0 Å². The number of alkyl carbamates (subject to hydrolysis) is 1. The maximum atomic E-state index is 12.9. The summed E-state index contributed by atoms with van der Waals surface area (Å²) in [7, 11) is 0. The first-order valence-electron chi connectivity index (χ1n) is 12.1. The van der Waals surface area contributed by atoms with Gasteiger partial charge >= 0.3 is 12.1 Å². The van der Waals surface area contributed by atoms with Gasteiger partial charge in [-0.2, -0.15) is 0 Å². The van der Waals surface area contributed by atoms with Gasteiger partial charge in [0.15, 0.2) is 0 Å². The number of carboxylic acid groups (broad SMARTS) is 1. The number of carbonyl (C=O) groups excluding carboxylic acids is 2. The second-order valence-electron chi connectivity index (χ2n) is 9.19. The van der Waals surface area contributed by atoms with Crippen LogP contribution in [0.25, 0.3) is 11.1 Å². The maximum absolute atomic E-state index is 12.9. The number of hydrogen-bond donors (Lipinski definition) is 3. The van der Waals surface area contributed by atoms with E-state index >= 15 is 0 Å². The zero-order chi connectivity index (χ0) is 24.1. The molecule has 1 unspecified atom stereocenters. The number of aliphatic carboxylic acids is 1. The zero-order valence-corrected chi connectivity index (χ0v) is 19.5. The van der Waals surface area contributed by atoms with Crippen LogP contribution in [0, 0.1) is 11.8 Å². The Morgan fingerprint density at radius 2 is 1.65 bits per heavy atom. The molecule has 7 nitrogen and oxygen atoms in total. The van der Waals surface area contributed by atoms with Gasteiger partial charge in [0.25, 0.3) is 0 Å². The molecular formula is C27H32N2O5. The highest BCUT2D eigenvalue weighted by molar-refractivity contribution is 5.85. The average molecular weight is 465 g/mol. The van der Waals surface area contributed by atoms with E-state index in [1.807, 2.05) is 31.2 Å². The highest BCUT2D eigenvalue weighted by Gasteiger charge is 2.35. The van der Waals surface area contributed by atoms with E-state index in [0.717, 1.165) is 41.5 Å². The quantitative estimate of drug-likeness (QED) is 0.486. The Hall–Kier alpha value is -3.35. The average Bonchev–Trinajstić information content (AvgIpc) is 3.12. The van der Waals surface area contributed by atoms with Crippen molar-refractivity contribution in [2.45, 2.75) is 51.0 Å². The number of rotatable bonds is 10. The topological polar surface area (TPSA) is 105 Å². The predicted octanol–water partition coefficient (Wildman–Crippen LogP) is 4.31. The van der Waals surface area contributed by atoms with Crippen molar-refractivity contribution in [1.29, 1.82) is 0 Å². The van der Waals surface area contributed by atoms with E-state index in [0.29, 0.717) is 12.8 Å². The summed E-state index contributed by atoms with van der Waals surface area (Å²) in [6.45, 7) is 2.22. The van der Waals surface area contributed by atoms with Crippen molar-refractivity contribution in [3.63, 3.8) is 0 Å². The summed E-state index contributed by atoms with van der Waals surface area (Å²) in [6.07, 6.45) is 3.30. The molecule has 180 valence electrons. The lowest BCUT2D eigenvalue weighted by molar-refractivity contribution is -0.143. The Bertz CT molecular complexity index is 1000. The van der Waals surface area contributed by atoms with Gasteiger partial charge in [-0.3, -0.25) is 4.79 Å². The normalized spacial score (nSPS) is 16.5. The second-order valence-corrected chi connectivity index (χ2v) is 9.19. The number of nitrogens with one attached hydrogen (secondary N) is 2. The highest BCUT2D eigenvalue weighted by Crippen LogP contribution is 2.44. The minimum Gasteiger partial charge on any atom is -0.480 e. The molecule has 7 heteroatoms. The Kier molecular flexibility index (Phi) is 7.50. The van der Waals surface area contributed by atoms with E-state index in [4.69, 9.17) is 4.74 Å². The minimum atomic E-state index is -1.04. The summed E-state index contributed by atoms with van der Waals surface area (Å²) >= 11 is 0. The van der Waals surface area contributed by atoms with Crippen molar-refractivity contribution < 1.29 is 24.2 Å². The largest absolute Gasteiger partial charge is 0.480 e. The lowest BCUT2D eigenvalue weighted by Gasteiger charge is -2.33. The molecule has 0 radical (unpaired) electrons. The van der Waals surface area contributed by atoms with E-state index in [1.54, 1.807) is 0 Å². The van der Waals surface area contributed by atoms with E-state index in [9.17, 15) is 19.5 Å². The van der Waals surface area contributed by atoms with Crippen LogP contribution in [0.5, 0.6) is 0 Å². The lowest BCUT2D eigenvalue weighted by atomic mass is 9.75. The van der Waals surface area contributed by atoms with E-state index in [1.165, 1.54) is 0 Å². The third-order valence-corrected chi connectivity index (χ3v) is 7.06. The molecule has 0 bridgehead atoms. The predicted molar refractivity (Wildman–Crippen MR) is 128 cm³/mol. The number of carbonyl (C=O) groups is 3. The van der Waals surface area contributed by atoms with Gasteiger partial charge in [-0.25, -0.2) is 9.59 Å². The number of carboxylic acids is 1. The van der Waals surface area contributed by atoms with Crippen LogP contribution in [-0.4, -0.2) is 42.3 Å². The summed E-state index contributed by atoms with van der Waals surface area (Å²) in [5, 5.41) is 14.8. The van der Waals surface area contributed by atoms with Gasteiger partial charge < -0.3 is 20.5 Å². The van der Waals surface area contributed by atoms with Gasteiger partial charge in [-0.15, -0.1) is 0 Å². The van der Waals surface area contributed by atoms with E-state index in [2.05, 4.69) is 34.9 Å². The van der Waals surface area contributed by atoms with Crippen LogP contribution in [0.2, 0.25) is 0 Å².